The molecule has 134 valence electrons. The van der Waals surface area contributed by atoms with E-state index < -0.39 is 10.0 Å². The van der Waals surface area contributed by atoms with Crippen molar-refractivity contribution >= 4 is 21.6 Å². The maximum atomic E-state index is 12.1. The van der Waals surface area contributed by atoms with Crippen LogP contribution in [-0.2, 0) is 19.6 Å². The SMILES string of the molecule is COc1ccc(N(CCNC(=O)C2CCOCC2)S(C)(=O)=O)cc1. The summed E-state index contributed by atoms with van der Waals surface area (Å²) >= 11 is 0. The van der Waals surface area contributed by atoms with Gasteiger partial charge in [-0.3, -0.25) is 9.10 Å². The van der Waals surface area contributed by atoms with E-state index in [9.17, 15) is 13.2 Å². The van der Waals surface area contributed by atoms with Crippen LogP contribution in [0.15, 0.2) is 24.3 Å². The number of sulfonamides is 1. The molecular weight excluding hydrogens is 332 g/mol. The van der Waals surface area contributed by atoms with Crippen LogP contribution in [0.1, 0.15) is 12.8 Å². The highest BCUT2D eigenvalue weighted by Crippen LogP contribution is 2.21. The van der Waals surface area contributed by atoms with Gasteiger partial charge in [-0.05, 0) is 37.1 Å². The van der Waals surface area contributed by atoms with Gasteiger partial charge >= 0.3 is 0 Å². The highest BCUT2D eigenvalue weighted by molar-refractivity contribution is 7.92. The lowest BCUT2D eigenvalue weighted by Gasteiger charge is -2.24. The Morgan fingerprint density at radius 2 is 1.92 bits per heavy atom. The Labute approximate surface area is 143 Å². The Morgan fingerprint density at radius 1 is 1.29 bits per heavy atom. The van der Waals surface area contributed by atoms with Gasteiger partial charge in [-0.1, -0.05) is 0 Å². The van der Waals surface area contributed by atoms with Gasteiger partial charge in [0.1, 0.15) is 5.75 Å². The number of ether oxygens (including phenoxy) is 2. The Kier molecular flexibility index (Phi) is 6.44. The van der Waals surface area contributed by atoms with Gasteiger partial charge in [0, 0.05) is 25.7 Å². The van der Waals surface area contributed by atoms with Crippen molar-refractivity contribution in [2.45, 2.75) is 12.8 Å². The second kappa shape index (κ2) is 8.34. The normalized spacial score (nSPS) is 15.8. The van der Waals surface area contributed by atoms with E-state index in [0.29, 0.717) is 37.5 Å². The number of nitrogens with zero attached hydrogens (tertiary/aromatic N) is 1. The van der Waals surface area contributed by atoms with E-state index >= 15 is 0 Å². The zero-order valence-electron chi connectivity index (χ0n) is 14.0. The van der Waals surface area contributed by atoms with Gasteiger partial charge < -0.3 is 14.8 Å². The van der Waals surface area contributed by atoms with Gasteiger partial charge in [-0.15, -0.1) is 0 Å². The molecule has 1 N–H and O–H groups in total. The number of hydrogen-bond acceptors (Lipinski definition) is 5. The van der Waals surface area contributed by atoms with Crippen molar-refractivity contribution < 1.29 is 22.7 Å². The monoisotopic (exact) mass is 356 g/mol. The average molecular weight is 356 g/mol. The zero-order valence-corrected chi connectivity index (χ0v) is 14.8. The second-order valence-electron chi connectivity index (χ2n) is 5.71. The van der Waals surface area contributed by atoms with Crippen LogP contribution in [0.2, 0.25) is 0 Å². The Bertz CT molecular complexity index is 639. The molecule has 1 aromatic rings. The van der Waals surface area contributed by atoms with E-state index in [1.54, 1.807) is 31.4 Å². The minimum atomic E-state index is -3.44. The lowest BCUT2D eigenvalue weighted by atomic mass is 9.99. The van der Waals surface area contributed by atoms with Crippen molar-refractivity contribution in [3.63, 3.8) is 0 Å². The summed E-state index contributed by atoms with van der Waals surface area (Å²) in [5, 5.41) is 2.82. The topological polar surface area (TPSA) is 84.9 Å². The fraction of sp³-hybridized carbons (Fsp3) is 0.562. The summed E-state index contributed by atoms with van der Waals surface area (Å²) in [6, 6.07) is 6.77. The predicted octanol–water partition coefficient (Wildman–Crippen LogP) is 1.00. The number of methoxy groups -OCH3 is 1. The Hall–Kier alpha value is -1.80. The number of benzene rings is 1. The van der Waals surface area contributed by atoms with Gasteiger partial charge in [-0.2, -0.15) is 0 Å². The maximum absolute atomic E-state index is 12.1. The number of nitrogens with one attached hydrogen (secondary N) is 1. The summed E-state index contributed by atoms with van der Waals surface area (Å²) in [5.74, 6) is 0.563. The molecule has 1 heterocycles. The maximum Gasteiger partial charge on any atom is 0.232 e. The second-order valence-corrected chi connectivity index (χ2v) is 7.62. The first-order chi connectivity index (χ1) is 11.4. The summed E-state index contributed by atoms with van der Waals surface area (Å²) in [4.78, 5) is 12.1. The molecule has 0 saturated carbocycles. The molecule has 24 heavy (non-hydrogen) atoms. The van der Waals surface area contributed by atoms with Gasteiger partial charge in [-0.25, -0.2) is 8.42 Å². The van der Waals surface area contributed by atoms with E-state index in [-0.39, 0.29) is 24.9 Å². The van der Waals surface area contributed by atoms with Crippen LogP contribution >= 0.6 is 0 Å². The van der Waals surface area contributed by atoms with Gasteiger partial charge in [0.25, 0.3) is 0 Å². The molecule has 0 spiro atoms. The number of rotatable bonds is 7. The quantitative estimate of drug-likeness (QED) is 0.788. The molecule has 1 amide bonds. The number of carbonyl (C=O) groups excluding carboxylic acids is 1. The highest BCUT2D eigenvalue weighted by atomic mass is 32.2. The van der Waals surface area contributed by atoms with Crippen molar-refractivity contribution in [3.05, 3.63) is 24.3 Å². The average Bonchev–Trinajstić information content (AvgIpc) is 2.58. The van der Waals surface area contributed by atoms with Crippen LogP contribution in [0, 0.1) is 5.92 Å². The van der Waals surface area contributed by atoms with Crippen molar-refractivity contribution in [2.75, 3.05) is 44.0 Å². The molecule has 0 aromatic heterocycles. The van der Waals surface area contributed by atoms with Gasteiger partial charge in [0.15, 0.2) is 0 Å². The molecule has 2 rings (SSSR count). The molecule has 0 unspecified atom stereocenters. The third kappa shape index (κ3) is 5.10. The predicted molar refractivity (Wildman–Crippen MR) is 91.7 cm³/mol. The first-order valence-corrected chi connectivity index (χ1v) is 9.74. The van der Waals surface area contributed by atoms with Gasteiger partial charge in [0.2, 0.25) is 15.9 Å². The lowest BCUT2D eigenvalue weighted by molar-refractivity contribution is -0.127. The molecule has 8 heteroatoms. The number of hydrogen-bond donors (Lipinski definition) is 1. The zero-order chi connectivity index (χ0) is 17.6. The molecular formula is C16H24N2O5S. The van der Waals surface area contributed by atoms with Crippen LogP contribution < -0.4 is 14.4 Å². The fourth-order valence-corrected chi connectivity index (χ4v) is 3.55. The molecule has 1 fully saturated rings. The molecule has 0 aliphatic carbocycles. The first kappa shape index (κ1) is 18.5. The van der Waals surface area contributed by atoms with Crippen molar-refractivity contribution in [1.82, 2.24) is 5.32 Å². The molecule has 1 aliphatic rings. The standard InChI is InChI=1S/C16H24N2O5S/c1-22-15-5-3-14(4-6-15)18(24(2,20)21)10-9-17-16(19)13-7-11-23-12-8-13/h3-6,13H,7-12H2,1-2H3,(H,17,19). The van der Waals surface area contributed by atoms with Crippen molar-refractivity contribution in [3.8, 4) is 5.75 Å². The number of carbonyl (C=O) groups is 1. The minimum absolute atomic E-state index is 0.0403. The number of anilines is 1. The molecule has 1 saturated heterocycles. The minimum Gasteiger partial charge on any atom is -0.497 e. The molecule has 1 aliphatic heterocycles. The summed E-state index contributed by atoms with van der Waals surface area (Å²) in [6.07, 6.45) is 2.57. The van der Waals surface area contributed by atoms with Crippen molar-refractivity contribution in [2.24, 2.45) is 5.92 Å². The Morgan fingerprint density at radius 3 is 2.46 bits per heavy atom. The Balaban J connectivity index is 1.95. The molecule has 0 atom stereocenters. The van der Waals surface area contributed by atoms with Crippen LogP contribution in [0.25, 0.3) is 0 Å². The summed E-state index contributed by atoms with van der Waals surface area (Å²) < 4.78 is 35.6. The molecule has 1 aromatic carbocycles. The molecule has 0 bridgehead atoms. The van der Waals surface area contributed by atoms with Crippen molar-refractivity contribution in [1.29, 1.82) is 0 Å². The third-order valence-corrected chi connectivity index (χ3v) is 5.16. The van der Waals surface area contributed by atoms with Crippen LogP contribution in [-0.4, -0.2) is 54.0 Å². The van der Waals surface area contributed by atoms with Crippen LogP contribution in [0.4, 0.5) is 5.69 Å². The van der Waals surface area contributed by atoms with E-state index in [1.807, 2.05) is 0 Å². The first-order valence-electron chi connectivity index (χ1n) is 7.89. The van der Waals surface area contributed by atoms with E-state index in [0.717, 1.165) is 6.26 Å². The highest BCUT2D eigenvalue weighted by Gasteiger charge is 2.22. The third-order valence-electron chi connectivity index (χ3n) is 3.97. The fourth-order valence-electron chi connectivity index (χ4n) is 2.62. The largest absolute Gasteiger partial charge is 0.497 e. The van der Waals surface area contributed by atoms with E-state index in [1.165, 1.54) is 4.31 Å². The van der Waals surface area contributed by atoms with E-state index in [4.69, 9.17) is 9.47 Å². The van der Waals surface area contributed by atoms with Gasteiger partial charge in [0.05, 0.1) is 25.6 Å². The van der Waals surface area contributed by atoms with E-state index in [2.05, 4.69) is 5.32 Å². The molecule has 0 radical (unpaired) electrons. The lowest BCUT2D eigenvalue weighted by Crippen LogP contribution is -2.41. The summed E-state index contributed by atoms with van der Waals surface area (Å²) in [7, 11) is -1.89. The molecule has 7 nitrogen and oxygen atoms in total. The van der Waals surface area contributed by atoms with Crippen LogP contribution in [0.5, 0.6) is 5.75 Å². The number of amides is 1. The summed E-state index contributed by atoms with van der Waals surface area (Å²) in [6.45, 7) is 1.63. The van der Waals surface area contributed by atoms with Crippen LogP contribution in [0.3, 0.4) is 0 Å². The smallest absolute Gasteiger partial charge is 0.232 e. The summed E-state index contributed by atoms with van der Waals surface area (Å²) in [5.41, 5.74) is 0.540.